The number of hydrogen-bond acceptors (Lipinski definition) is 6. The number of carbonyl (C=O) groups is 1. The number of anilines is 1. The molecule has 9 nitrogen and oxygen atoms in total. The minimum atomic E-state index is -3.52. The molecule has 2 heterocycles. The minimum Gasteiger partial charge on any atom is -0.379 e. The van der Waals surface area contributed by atoms with E-state index in [1.165, 1.54) is 4.31 Å². The maximum Gasteiger partial charge on any atom is 0.248 e. The molecule has 4 rings (SSSR count). The van der Waals surface area contributed by atoms with E-state index in [2.05, 4.69) is 15.4 Å². The van der Waals surface area contributed by atoms with E-state index in [1.54, 1.807) is 35.3 Å². The summed E-state index contributed by atoms with van der Waals surface area (Å²) in [6.07, 6.45) is 2.30. The Kier molecular flexibility index (Phi) is 6.93. The largest absolute Gasteiger partial charge is 0.379 e. The van der Waals surface area contributed by atoms with Crippen LogP contribution in [0.1, 0.15) is 17.5 Å². The van der Waals surface area contributed by atoms with Crippen LogP contribution in [0.3, 0.4) is 0 Å². The number of ether oxygens (including phenoxy) is 1. The lowest BCUT2D eigenvalue weighted by molar-refractivity contribution is -0.116. The first-order valence-corrected chi connectivity index (χ1v) is 11.8. The third kappa shape index (κ3) is 5.58. The van der Waals surface area contributed by atoms with Gasteiger partial charge in [-0.25, -0.2) is 18.1 Å². The molecule has 0 unspecified atom stereocenters. The van der Waals surface area contributed by atoms with E-state index in [0.717, 1.165) is 11.1 Å². The van der Waals surface area contributed by atoms with E-state index < -0.39 is 10.0 Å². The molecule has 1 fully saturated rings. The molecule has 0 bridgehead atoms. The Labute approximate surface area is 187 Å². The summed E-state index contributed by atoms with van der Waals surface area (Å²) in [5.74, 6) is 0.0605. The SMILES string of the molecule is O=C(CCc1ccc(S(=O)(=O)N2CCOCC2)cc1)Nc1ncn(Cc2ccccc2)n1. The molecule has 3 aromatic rings. The van der Waals surface area contributed by atoms with Gasteiger partial charge >= 0.3 is 0 Å². The van der Waals surface area contributed by atoms with Crippen LogP contribution in [-0.2, 0) is 32.5 Å². The maximum atomic E-state index is 12.7. The number of hydrogen-bond donors (Lipinski definition) is 1. The molecule has 0 saturated carbocycles. The van der Waals surface area contributed by atoms with Crippen molar-refractivity contribution in [1.29, 1.82) is 0 Å². The number of rotatable bonds is 8. The number of sulfonamides is 1. The molecule has 168 valence electrons. The fraction of sp³-hybridized carbons (Fsp3) is 0.318. The Hall–Kier alpha value is -3.08. The van der Waals surface area contributed by atoms with Crippen molar-refractivity contribution in [2.24, 2.45) is 0 Å². The smallest absolute Gasteiger partial charge is 0.248 e. The van der Waals surface area contributed by atoms with Gasteiger partial charge in [0, 0.05) is 19.5 Å². The summed E-state index contributed by atoms with van der Waals surface area (Å²) in [5.41, 5.74) is 1.97. The number of morpholine rings is 1. The molecular weight excluding hydrogens is 430 g/mol. The third-order valence-electron chi connectivity index (χ3n) is 5.15. The van der Waals surface area contributed by atoms with Crippen molar-refractivity contribution in [1.82, 2.24) is 19.1 Å². The van der Waals surface area contributed by atoms with E-state index in [9.17, 15) is 13.2 Å². The van der Waals surface area contributed by atoms with E-state index in [1.807, 2.05) is 30.3 Å². The zero-order chi connectivity index (χ0) is 22.4. The fourth-order valence-corrected chi connectivity index (χ4v) is 4.82. The Morgan fingerprint density at radius 2 is 1.72 bits per heavy atom. The van der Waals surface area contributed by atoms with Crippen LogP contribution in [0, 0.1) is 0 Å². The molecule has 10 heteroatoms. The van der Waals surface area contributed by atoms with Gasteiger partial charge in [0.05, 0.1) is 24.7 Å². The van der Waals surface area contributed by atoms with Gasteiger partial charge in [0.15, 0.2) is 0 Å². The molecule has 0 spiro atoms. The first-order chi connectivity index (χ1) is 15.5. The van der Waals surface area contributed by atoms with Crippen LogP contribution in [0.25, 0.3) is 0 Å². The van der Waals surface area contributed by atoms with Gasteiger partial charge in [0.2, 0.25) is 21.9 Å². The second-order valence-electron chi connectivity index (χ2n) is 7.46. The zero-order valence-electron chi connectivity index (χ0n) is 17.6. The van der Waals surface area contributed by atoms with Crippen molar-refractivity contribution in [3.63, 3.8) is 0 Å². The lowest BCUT2D eigenvalue weighted by Gasteiger charge is -2.26. The second-order valence-corrected chi connectivity index (χ2v) is 9.40. The third-order valence-corrected chi connectivity index (χ3v) is 7.06. The molecule has 32 heavy (non-hydrogen) atoms. The molecule has 1 aliphatic rings. The van der Waals surface area contributed by atoms with Gasteiger partial charge < -0.3 is 4.74 Å². The van der Waals surface area contributed by atoms with Crippen molar-refractivity contribution in [2.45, 2.75) is 24.3 Å². The molecule has 0 aliphatic carbocycles. The number of nitrogens with zero attached hydrogens (tertiary/aromatic N) is 4. The Morgan fingerprint density at radius 3 is 2.44 bits per heavy atom. The highest BCUT2D eigenvalue weighted by atomic mass is 32.2. The highest BCUT2D eigenvalue weighted by Gasteiger charge is 2.26. The van der Waals surface area contributed by atoms with Crippen LogP contribution in [0.4, 0.5) is 5.95 Å². The molecule has 1 aromatic heterocycles. The van der Waals surface area contributed by atoms with Gasteiger partial charge in [-0.15, -0.1) is 5.10 Å². The Morgan fingerprint density at radius 1 is 1.00 bits per heavy atom. The van der Waals surface area contributed by atoms with Crippen molar-refractivity contribution >= 4 is 21.9 Å². The van der Waals surface area contributed by atoms with Gasteiger partial charge in [0.25, 0.3) is 0 Å². The van der Waals surface area contributed by atoms with E-state index in [-0.39, 0.29) is 23.2 Å². The molecule has 0 atom stereocenters. The van der Waals surface area contributed by atoms with Gasteiger partial charge in [0.1, 0.15) is 6.33 Å². The molecule has 2 aromatic carbocycles. The number of carbonyl (C=O) groups excluding carboxylic acids is 1. The van der Waals surface area contributed by atoms with E-state index in [0.29, 0.717) is 39.3 Å². The number of amides is 1. The van der Waals surface area contributed by atoms with Crippen LogP contribution >= 0.6 is 0 Å². The highest BCUT2D eigenvalue weighted by molar-refractivity contribution is 7.89. The van der Waals surface area contributed by atoms with E-state index in [4.69, 9.17) is 4.74 Å². The monoisotopic (exact) mass is 455 g/mol. The van der Waals surface area contributed by atoms with Crippen LogP contribution in [0.5, 0.6) is 0 Å². The summed E-state index contributed by atoms with van der Waals surface area (Å²) >= 11 is 0. The molecular formula is C22H25N5O4S. The summed E-state index contributed by atoms with van der Waals surface area (Å²) in [6.45, 7) is 2.11. The van der Waals surface area contributed by atoms with Crippen molar-refractivity contribution in [2.75, 3.05) is 31.6 Å². The lowest BCUT2D eigenvalue weighted by Crippen LogP contribution is -2.40. The average molecular weight is 456 g/mol. The van der Waals surface area contributed by atoms with Crippen molar-refractivity contribution < 1.29 is 17.9 Å². The molecule has 0 radical (unpaired) electrons. The number of benzene rings is 2. The first kappa shape index (κ1) is 22.1. The van der Waals surface area contributed by atoms with Crippen LogP contribution in [-0.4, -0.2) is 59.7 Å². The number of nitrogens with one attached hydrogen (secondary N) is 1. The Bertz CT molecular complexity index is 1140. The number of aromatic nitrogens is 3. The lowest BCUT2D eigenvalue weighted by atomic mass is 10.1. The van der Waals surface area contributed by atoms with Crippen LogP contribution < -0.4 is 5.32 Å². The average Bonchev–Trinajstić information content (AvgIpc) is 3.25. The topological polar surface area (TPSA) is 106 Å². The normalized spacial score (nSPS) is 14.9. The fourth-order valence-electron chi connectivity index (χ4n) is 3.41. The highest BCUT2D eigenvalue weighted by Crippen LogP contribution is 2.18. The first-order valence-electron chi connectivity index (χ1n) is 10.4. The summed E-state index contributed by atoms with van der Waals surface area (Å²) in [5, 5.41) is 6.98. The summed E-state index contributed by atoms with van der Waals surface area (Å²) in [7, 11) is -3.52. The van der Waals surface area contributed by atoms with Gasteiger partial charge in [-0.05, 0) is 29.7 Å². The molecule has 1 amide bonds. The molecule has 1 N–H and O–H groups in total. The molecule has 1 aliphatic heterocycles. The predicted molar refractivity (Wildman–Crippen MR) is 119 cm³/mol. The number of aryl methyl sites for hydroxylation is 1. The summed E-state index contributed by atoms with van der Waals surface area (Å²) in [6, 6.07) is 16.5. The molecule has 1 saturated heterocycles. The summed E-state index contributed by atoms with van der Waals surface area (Å²) < 4.78 is 33.7. The van der Waals surface area contributed by atoms with Crippen LogP contribution in [0.2, 0.25) is 0 Å². The maximum absolute atomic E-state index is 12.7. The second kappa shape index (κ2) is 10.0. The summed E-state index contributed by atoms with van der Waals surface area (Å²) in [4.78, 5) is 16.7. The predicted octanol–water partition coefficient (Wildman–Crippen LogP) is 1.92. The van der Waals surface area contributed by atoms with Gasteiger partial charge in [-0.2, -0.15) is 4.31 Å². The Balaban J connectivity index is 1.28. The quantitative estimate of drug-likeness (QED) is 0.556. The zero-order valence-corrected chi connectivity index (χ0v) is 18.4. The van der Waals surface area contributed by atoms with Crippen molar-refractivity contribution in [3.8, 4) is 0 Å². The van der Waals surface area contributed by atoms with E-state index >= 15 is 0 Å². The van der Waals surface area contributed by atoms with Gasteiger partial charge in [-0.3, -0.25) is 10.1 Å². The van der Waals surface area contributed by atoms with Gasteiger partial charge in [-0.1, -0.05) is 42.5 Å². The standard InChI is InChI=1S/C22H25N5O4S/c28-21(24-22-23-17-26(25-22)16-19-4-2-1-3-5-19)11-8-18-6-9-20(10-7-18)32(29,30)27-12-14-31-15-13-27/h1-7,9-10,17H,8,11-16H2,(H,24,25,28). The minimum absolute atomic E-state index is 0.201. The van der Waals surface area contributed by atoms with Crippen LogP contribution in [0.15, 0.2) is 65.8 Å². The van der Waals surface area contributed by atoms with Crippen molar-refractivity contribution in [3.05, 3.63) is 72.1 Å².